The summed E-state index contributed by atoms with van der Waals surface area (Å²) in [5.41, 5.74) is 6.43. The van der Waals surface area contributed by atoms with Crippen molar-refractivity contribution in [2.45, 2.75) is 24.5 Å². The molecule has 0 spiro atoms. The van der Waals surface area contributed by atoms with Crippen LogP contribution in [0, 0.1) is 0 Å². The van der Waals surface area contributed by atoms with Gasteiger partial charge in [-0.05, 0) is 12.1 Å². The van der Waals surface area contributed by atoms with Gasteiger partial charge in [0.15, 0.2) is 23.2 Å². The van der Waals surface area contributed by atoms with Gasteiger partial charge in [-0.15, -0.1) is 0 Å². The molecule has 1 aliphatic rings. The van der Waals surface area contributed by atoms with E-state index in [-0.39, 0.29) is 23.0 Å². The predicted octanol–water partition coefficient (Wildman–Crippen LogP) is 1.12. The zero-order valence-corrected chi connectivity index (χ0v) is 15.6. The normalized spacial score (nSPS) is 24.8. The van der Waals surface area contributed by atoms with Gasteiger partial charge in [0.2, 0.25) is 0 Å². The number of anilines is 1. The Morgan fingerprint density at radius 3 is 2.64 bits per heavy atom. The maximum atomic E-state index is 10.3. The molecule has 3 heterocycles. The molecule has 4 rings (SSSR count). The van der Waals surface area contributed by atoms with E-state index in [4.69, 9.17) is 38.4 Å². The molecule has 148 valence electrons. The van der Waals surface area contributed by atoms with Crippen LogP contribution in [0.1, 0.15) is 6.23 Å². The van der Waals surface area contributed by atoms with E-state index in [0.717, 1.165) is 0 Å². The van der Waals surface area contributed by atoms with E-state index in [9.17, 15) is 15.3 Å². The maximum absolute atomic E-state index is 10.3. The van der Waals surface area contributed by atoms with Gasteiger partial charge < -0.3 is 30.5 Å². The molecule has 3 aromatic rings. The molecule has 12 heteroatoms. The largest absolute Gasteiger partial charge is 0.424 e. The second-order valence-electron chi connectivity index (χ2n) is 6.12. The van der Waals surface area contributed by atoms with Crippen LogP contribution in [0.2, 0.25) is 10.0 Å². The highest BCUT2D eigenvalue weighted by molar-refractivity contribution is 6.42. The number of imidazole rings is 1. The second-order valence-corrected chi connectivity index (χ2v) is 6.94. The van der Waals surface area contributed by atoms with E-state index in [1.165, 1.54) is 17.0 Å². The van der Waals surface area contributed by atoms with E-state index in [1.54, 1.807) is 12.1 Å². The number of aliphatic hydroxyl groups is 3. The molecule has 1 aromatic carbocycles. The molecule has 2 aromatic heterocycles. The molecule has 0 amide bonds. The first-order valence-electron chi connectivity index (χ1n) is 8.14. The first-order valence-corrected chi connectivity index (χ1v) is 8.90. The van der Waals surface area contributed by atoms with Gasteiger partial charge in [0.1, 0.15) is 24.1 Å². The highest BCUT2D eigenvalue weighted by Crippen LogP contribution is 2.33. The Kier molecular flexibility index (Phi) is 5.00. The lowest BCUT2D eigenvalue weighted by Crippen LogP contribution is -2.33. The van der Waals surface area contributed by atoms with Gasteiger partial charge in [0, 0.05) is 6.07 Å². The third-order valence-corrected chi connectivity index (χ3v) is 5.06. The number of nitrogen functional groups attached to an aromatic ring is 1. The second kappa shape index (κ2) is 7.32. The summed E-state index contributed by atoms with van der Waals surface area (Å²) in [6.45, 7) is -0.454. The van der Waals surface area contributed by atoms with Crippen molar-refractivity contribution in [3.63, 3.8) is 0 Å². The monoisotopic (exact) mass is 427 g/mol. The van der Waals surface area contributed by atoms with E-state index in [1.807, 2.05) is 0 Å². The Labute approximate surface area is 168 Å². The summed E-state index contributed by atoms with van der Waals surface area (Å²) < 4.78 is 12.5. The van der Waals surface area contributed by atoms with Crippen LogP contribution in [0.4, 0.5) is 5.82 Å². The molecular formula is C16H15Cl2N5O5. The average molecular weight is 428 g/mol. The van der Waals surface area contributed by atoms with Crippen LogP contribution in [0.25, 0.3) is 11.2 Å². The van der Waals surface area contributed by atoms with E-state index < -0.39 is 31.1 Å². The number of benzene rings is 1. The van der Waals surface area contributed by atoms with Crippen LogP contribution in [0.15, 0.2) is 24.5 Å². The lowest BCUT2D eigenvalue weighted by Gasteiger charge is -2.16. The van der Waals surface area contributed by atoms with Crippen LogP contribution in [0.5, 0.6) is 11.8 Å². The highest BCUT2D eigenvalue weighted by atomic mass is 35.5. The summed E-state index contributed by atoms with van der Waals surface area (Å²) in [4.78, 5) is 12.5. The van der Waals surface area contributed by atoms with Gasteiger partial charge in [-0.1, -0.05) is 23.2 Å². The average Bonchev–Trinajstić information content (AvgIpc) is 3.20. The summed E-state index contributed by atoms with van der Waals surface area (Å²) in [7, 11) is 0. The lowest BCUT2D eigenvalue weighted by atomic mass is 10.1. The Morgan fingerprint density at radius 1 is 1.18 bits per heavy atom. The molecule has 4 atom stereocenters. The first kappa shape index (κ1) is 19.1. The minimum absolute atomic E-state index is 0.0468. The Morgan fingerprint density at radius 2 is 1.96 bits per heavy atom. The molecule has 5 N–H and O–H groups in total. The van der Waals surface area contributed by atoms with Gasteiger partial charge in [-0.25, -0.2) is 4.98 Å². The number of hydrogen-bond donors (Lipinski definition) is 4. The molecule has 0 saturated carbocycles. The number of halogens is 2. The molecular weight excluding hydrogens is 413 g/mol. The van der Waals surface area contributed by atoms with Crippen LogP contribution in [-0.4, -0.2) is 59.8 Å². The number of hydrogen-bond acceptors (Lipinski definition) is 9. The van der Waals surface area contributed by atoms with Crippen molar-refractivity contribution in [2.24, 2.45) is 0 Å². The Balaban J connectivity index is 1.71. The van der Waals surface area contributed by atoms with Gasteiger partial charge >= 0.3 is 6.01 Å². The molecule has 1 saturated heterocycles. The summed E-state index contributed by atoms with van der Waals surface area (Å²) in [5.74, 6) is 0.387. The van der Waals surface area contributed by atoms with Crippen LogP contribution < -0.4 is 10.5 Å². The molecule has 0 unspecified atom stereocenters. The number of rotatable bonds is 4. The fourth-order valence-electron chi connectivity index (χ4n) is 2.91. The first-order chi connectivity index (χ1) is 13.4. The van der Waals surface area contributed by atoms with Gasteiger partial charge in [-0.3, -0.25) is 4.57 Å². The van der Waals surface area contributed by atoms with Crippen molar-refractivity contribution < 1.29 is 24.8 Å². The Bertz CT molecular complexity index is 1030. The lowest BCUT2D eigenvalue weighted by molar-refractivity contribution is -0.0511. The number of nitrogens with two attached hydrogens (primary N) is 1. The topological polar surface area (TPSA) is 149 Å². The summed E-state index contributed by atoms with van der Waals surface area (Å²) in [5, 5.41) is 30.2. The van der Waals surface area contributed by atoms with Crippen molar-refractivity contribution in [3.05, 3.63) is 34.6 Å². The fraction of sp³-hybridized carbons (Fsp3) is 0.312. The van der Waals surface area contributed by atoms with Crippen LogP contribution in [0.3, 0.4) is 0 Å². The van der Waals surface area contributed by atoms with Gasteiger partial charge in [0.05, 0.1) is 23.0 Å². The predicted molar refractivity (Wildman–Crippen MR) is 99.3 cm³/mol. The minimum atomic E-state index is -1.30. The third-order valence-electron chi connectivity index (χ3n) is 4.32. The zero-order chi connectivity index (χ0) is 20.0. The van der Waals surface area contributed by atoms with E-state index in [2.05, 4.69) is 15.0 Å². The third kappa shape index (κ3) is 3.24. The van der Waals surface area contributed by atoms with E-state index >= 15 is 0 Å². The van der Waals surface area contributed by atoms with Crippen LogP contribution >= 0.6 is 23.2 Å². The molecule has 1 fully saturated rings. The van der Waals surface area contributed by atoms with Crippen LogP contribution in [-0.2, 0) is 4.74 Å². The highest BCUT2D eigenvalue weighted by Gasteiger charge is 2.44. The number of fused-ring (bicyclic) bond motifs is 1. The smallest absolute Gasteiger partial charge is 0.326 e. The van der Waals surface area contributed by atoms with Crippen molar-refractivity contribution in [1.29, 1.82) is 0 Å². The standard InChI is InChI=1S/C16H15Cl2N5O5/c17-7-2-1-6(3-8(7)18)27-16-21-13(19)10-14(22-16)23(5-20-10)15-12(26)11(25)9(4-24)28-15/h1-3,5,9,11-12,15,24-26H,4H2,(H2,19,21,22)/t9-,11-,12-,15-/m1/s1. The zero-order valence-electron chi connectivity index (χ0n) is 14.1. The minimum Gasteiger partial charge on any atom is -0.424 e. The summed E-state index contributed by atoms with van der Waals surface area (Å²) in [6.07, 6.45) is -3.18. The van der Waals surface area contributed by atoms with Crippen molar-refractivity contribution in [2.75, 3.05) is 12.3 Å². The van der Waals surface area contributed by atoms with Gasteiger partial charge in [-0.2, -0.15) is 9.97 Å². The molecule has 1 aliphatic heterocycles. The quantitative estimate of drug-likeness (QED) is 0.480. The molecule has 0 radical (unpaired) electrons. The van der Waals surface area contributed by atoms with Crippen molar-refractivity contribution in [1.82, 2.24) is 19.5 Å². The van der Waals surface area contributed by atoms with Crippen molar-refractivity contribution in [3.8, 4) is 11.8 Å². The Hall–Kier alpha value is -2.21. The maximum Gasteiger partial charge on any atom is 0.326 e. The van der Waals surface area contributed by atoms with E-state index in [0.29, 0.717) is 15.8 Å². The number of aromatic nitrogens is 4. The number of nitrogens with zero attached hydrogens (tertiary/aromatic N) is 4. The summed E-state index contributed by atoms with van der Waals surface area (Å²) >= 11 is 11.9. The summed E-state index contributed by atoms with van der Waals surface area (Å²) in [6, 6.07) is 4.56. The fourth-order valence-corrected chi connectivity index (χ4v) is 3.19. The van der Waals surface area contributed by atoms with Gasteiger partial charge in [0.25, 0.3) is 0 Å². The van der Waals surface area contributed by atoms with Crippen molar-refractivity contribution >= 4 is 40.2 Å². The molecule has 10 nitrogen and oxygen atoms in total. The molecule has 0 bridgehead atoms. The SMILES string of the molecule is Nc1nc(Oc2ccc(Cl)c(Cl)c2)nc2c1ncn2[C@@H]1O[C@H](CO)[C@@H](O)[C@H]1O. The molecule has 0 aliphatic carbocycles. The number of aliphatic hydroxyl groups excluding tert-OH is 3. The molecule has 28 heavy (non-hydrogen) atoms. The number of ether oxygens (including phenoxy) is 2.